The Bertz CT molecular complexity index is 722. The zero-order chi connectivity index (χ0) is 19.1. The van der Waals surface area contributed by atoms with Gasteiger partial charge in [0, 0.05) is 43.6 Å². The van der Waals surface area contributed by atoms with E-state index in [9.17, 15) is 4.79 Å². The molecule has 1 atom stereocenters. The van der Waals surface area contributed by atoms with E-state index >= 15 is 0 Å². The lowest BCUT2D eigenvalue weighted by atomic mass is 10.00. The SMILES string of the molecule is CC[C@@H]1CCCCN1CCCNC(=O)c1ccc(Cn2ccnc2C)cc1. The summed E-state index contributed by atoms with van der Waals surface area (Å²) < 4.78 is 2.10. The van der Waals surface area contributed by atoms with Gasteiger partial charge in [-0.2, -0.15) is 0 Å². The number of hydrogen-bond donors (Lipinski definition) is 1. The first-order valence-electron chi connectivity index (χ1n) is 10.3. The van der Waals surface area contributed by atoms with Crippen LogP contribution >= 0.6 is 0 Å². The number of carbonyl (C=O) groups excluding carboxylic acids is 1. The Balaban J connectivity index is 1.42. The smallest absolute Gasteiger partial charge is 0.251 e. The van der Waals surface area contributed by atoms with Crippen LogP contribution in [-0.4, -0.2) is 46.0 Å². The molecule has 0 unspecified atom stereocenters. The molecule has 1 N–H and O–H groups in total. The fraction of sp³-hybridized carbons (Fsp3) is 0.545. The highest BCUT2D eigenvalue weighted by molar-refractivity contribution is 5.94. The number of rotatable bonds is 8. The van der Waals surface area contributed by atoms with Gasteiger partial charge in [0.1, 0.15) is 5.82 Å². The number of likely N-dealkylation sites (tertiary alicyclic amines) is 1. The predicted molar refractivity (Wildman–Crippen MR) is 109 cm³/mol. The summed E-state index contributed by atoms with van der Waals surface area (Å²) in [4.78, 5) is 19.2. The van der Waals surface area contributed by atoms with Crippen LogP contribution in [0, 0.1) is 6.92 Å². The molecule has 1 aromatic carbocycles. The second-order valence-corrected chi connectivity index (χ2v) is 7.50. The molecule has 27 heavy (non-hydrogen) atoms. The van der Waals surface area contributed by atoms with Gasteiger partial charge >= 0.3 is 0 Å². The van der Waals surface area contributed by atoms with Crippen LogP contribution in [0.25, 0.3) is 0 Å². The van der Waals surface area contributed by atoms with E-state index in [0.29, 0.717) is 0 Å². The van der Waals surface area contributed by atoms with Gasteiger partial charge in [0.05, 0.1) is 0 Å². The van der Waals surface area contributed by atoms with Gasteiger partial charge in [0.25, 0.3) is 5.91 Å². The van der Waals surface area contributed by atoms with E-state index in [2.05, 4.69) is 26.7 Å². The van der Waals surface area contributed by atoms with Crippen LogP contribution in [0.3, 0.4) is 0 Å². The molecule has 1 aliphatic rings. The van der Waals surface area contributed by atoms with Gasteiger partial charge in [0.15, 0.2) is 0 Å². The topological polar surface area (TPSA) is 50.2 Å². The largest absolute Gasteiger partial charge is 0.352 e. The van der Waals surface area contributed by atoms with Crippen LogP contribution in [0.1, 0.15) is 60.8 Å². The highest BCUT2D eigenvalue weighted by atomic mass is 16.1. The maximum Gasteiger partial charge on any atom is 0.251 e. The van der Waals surface area contributed by atoms with Crippen molar-refractivity contribution in [3.05, 3.63) is 53.6 Å². The normalized spacial score (nSPS) is 17.8. The molecule has 1 amide bonds. The molecule has 146 valence electrons. The Morgan fingerprint density at radius 3 is 2.78 bits per heavy atom. The van der Waals surface area contributed by atoms with E-state index in [1.165, 1.54) is 37.8 Å². The summed E-state index contributed by atoms with van der Waals surface area (Å²) in [5.41, 5.74) is 1.90. The molecule has 3 rings (SSSR count). The summed E-state index contributed by atoms with van der Waals surface area (Å²) in [5, 5.41) is 3.06. The quantitative estimate of drug-likeness (QED) is 0.724. The zero-order valence-electron chi connectivity index (χ0n) is 16.7. The van der Waals surface area contributed by atoms with Crippen molar-refractivity contribution in [3.8, 4) is 0 Å². The first-order valence-corrected chi connectivity index (χ1v) is 10.3. The van der Waals surface area contributed by atoms with Crippen LogP contribution in [0.2, 0.25) is 0 Å². The van der Waals surface area contributed by atoms with Crippen LogP contribution < -0.4 is 5.32 Å². The number of piperidine rings is 1. The highest BCUT2D eigenvalue weighted by Crippen LogP contribution is 2.19. The van der Waals surface area contributed by atoms with Crippen molar-refractivity contribution in [3.63, 3.8) is 0 Å². The molecular formula is C22H32N4O. The van der Waals surface area contributed by atoms with Gasteiger partial charge in [-0.15, -0.1) is 0 Å². The average Bonchev–Trinajstić information content (AvgIpc) is 3.10. The Labute approximate surface area is 162 Å². The van der Waals surface area contributed by atoms with Crippen molar-refractivity contribution in [2.24, 2.45) is 0 Å². The van der Waals surface area contributed by atoms with E-state index in [1.807, 2.05) is 43.6 Å². The molecule has 2 aromatic rings. The van der Waals surface area contributed by atoms with Crippen LogP contribution in [-0.2, 0) is 6.54 Å². The summed E-state index contributed by atoms with van der Waals surface area (Å²) in [7, 11) is 0. The van der Waals surface area contributed by atoms with Crippen molar-refractivity contribution < 1.29 is 4.79 Å². The zero-order valence-corrected chi connectivity index (χ0v) is 16.7. The summed E-state index contributed by atoms with van der Waals surface area (Å²) in [6.07, 6.45) is 10.0. The average molecular weight is 369 g/mol. The molecule has 1 aromatic heterocycles. The monoisotopic (exact) mass is 368 g/mol. The number of amides is 1. The second kappa shape index (κ2) is 9.70. The molecule has 0 aliphatic carbocycles. The first-order chi connectivity index (χ1) is 13.2. The number of nitrogens with one attached hydrogen (secondary N) is 1. The minimum absolute atomic E-state index is 0.0195. The van der Waals surface area contributed by atoms with Gasteiger partial charge < -0.3 is 14.8 Å². The van der Waals surface area contributed by atoms with E-state index in [0.717, 1.165) is 43.5 Å². The number of imidazole rings is 1. The molecule has 1 aliphatic heterocycles. The molecule has 2 heterocycles. The van der Waals surface area contributed by atoms with Crippen molar-refractivity contribution in [2.45, 2.75) is 58.5 Å². The lowest BCUT2D eigenvalue weighted by molar-refractivity contribution is 0.0947. The van der Waals surface area contributed by atoms with Crippen molar-refractivity contribution >= 4 is 5.91 Å². The van der Waals surface area contributed by atoms with Gasteiger partial charge in [0.2, 0.25) is 0 Å². The van der Waals surface area contributed by atoms with Gasteiger partial charge in [-0.25, -0.2) is 4.98 Å². The first kappa shape index (κ1) is 19.6. The van der Waals surface area contributed by atoms with Crippen LogP contribution in [0.4, 0.5) is 0 Å². The Hall–Kier alpha value is -2.14. The maximum atomic E-state index is 12.4. The van der Waals surface area contributed by atoms with Crippen LogP contribution in [0.5, 0.6) is 0 Å². The fourth-order valence-electron chi connectivity index (χ4n) is 3.93. The number of carbonyl (C=O) groups is 1. The minimum atomic E-state index is 0.0195. The summed E-state index contributed by atoms with van der Waals surface area (Å²) in [6.45, 7) is 8.09. The predicted octanol–water partition coefficient (Wildman–Crippen LogP) is 3.62. The maximum absolute atomic E-state index is 12.4. The Morgan fingerprint density at radius 1 is 1.26 bits per heavy atom. The molecule has 0 bridgehead atoms. The van der Waals surface area contributed by atoms with Gasteiger partial charge in [-0.3, -0.25) is 4.79 Å². The van der Waals surface area contributed by atoms with E-state index in [4.69, 9.17) is 0 Å². The van der Waals surface area contributed by atoms with Crippen LogP contribution in [0.15, 0.2) is 36.7 Å². The Morgan fingerprint density at radius 2 is 2.07 bits per heavy atom. The second-order valence-electron chi connectivity index (χ2n) is 7.50. The third-order valence-electron chi connectivity index (χ3n) is 5.62. The molecule has 0 spiro atoms. The molecular weight excluding hydrogens is 336 g/mol. The minimum Gasteiger partial charge on any atom is -0.352 e. The van der Waals surface area contributed by atoms with E-state index < -0.39 is 0 Å². The number of benzene rings is 1. The summed E-state index contributed by atoms with van der Waals surface area (Å²) in [6, 6.07) is 8.60. The number of aryl methyl sites for hydroxylation is 1. The number of hydrogen-bond acceptors (Lipinski definition) is 3. The number of nitrogens with zero attached hydrogens (tertiary/aromatic N) is 3. The third-order valence-corrected chi connectivity index (χ3v) is 5.62. The van der Waals surface area contributed by atoms with Gasteiger partial charge in [-0.1, -0.05) is 25.5 Å². The van der Waals surface area contributed by atoms with Crippen molar-refractivity contribution in [1.82, 2.24) is 19.8 Å². The summed E-state index contributed by atoms with van der Waals surface area (Å²) >= 11 is 0. The third kappa shape index (κ3) is 5.42. The van der Waals surface area contributed by atoms with Crippen molar-refractivity contribution in [1.29, 1.82) is 0 Å². The number of aromatic nitrogens is 2. The molecule has 5 nitrogen and oxygen atoms in total. The molecule has 0 saturated carbocycles. The molecule has 1 fully saturated rings. The molecule has 5 heteroatoms. The van der Waals surface area contributed by atoms with Crippen molar-refractivity contribution in [2.75, 3.05) is 19.6 Å². The van der Waals surface area contributed by atoms with Gasteiger partial charge in [-0.05, 0) is 56.8 Å². The fourth-order valence-corrected chi connectivity index (χ4v) is 3.93. The lowest BCUT2D eigenvalue weighted by Gasteiger charge is -2.35. The van der Waals surface area contributed by atoms with E-state index in [-0.39, 0.29) is 5.91 Å². The standard InChI is InChI=1S/C22H32N4O/c1-3-21-7-4-5-14-25(21)15-6-12-24-22(27)20-10-8-19(9-11-20)17-26-16-13-23-18(26)2/h8-11,13,16,21H,3-7,12,14-15,17H2,1-2H3,(H,24,27)/t21-/m1/s1. The highest BCUT2D eigenvalue weighted by Gasteiger charge is 2.19. The molecule has 1 saturated heterocycles. The lowest BCUT2D eigenvalue weighted by Crippen LogP contribution is -2.40. The molecule has 0 radical (unpaired) electrons. The summed E-state index contributed by atoms with van der Waals surface area (Å²) in [5.74, 6) is 1.02. The Kier molecular flexibility index (Phi) is 7.04. The van der Waals surface area contributed by atoms with E-state index in [1.54, 1.807) is 0 Å².